The van der Waals surface area contributed by atoms with Crippen molar-refractivity contribution in [1.82, 2.24) is 0 Å². The highest BCUT2D eigenvalue weighted by Crippen LogP contribution is 1.99. The SMILES string of the molecule is C[NH+]1CCCCCC1=O.[Cl-]. The molecule has 1 unspecified atom stereocenters. The third-order valence-electron chi connectivity index (χ3n) is 1.93. The molecule has 1 aliphatic heterocycles. The van der Waals surface area contributed by atoms with Gasteiger partial charge in [-0.3, -0.25) is 4.90 Å². The molecule has 1 atom stereocenters. The standard InChI is InChI=1S/C7H13NO.ClH/c1-8-6-4-2-3-5-7(8)9;/h2-6H2,1H3;1H. The lowest BCUT2D eigenvalue weighted by Crippen LogP contribution is -3.11. The summed E-state index contributed by atoms with van der Waals surface area (Å²) in [5.74, 6) is 0.396. The van der Waals surface area contributed by atoms with E-state index in [9.17, 15) is 4.79 Å². The number of nitrogens with one attached hydrogen (secondary N) is 1. The summed E-state index contributed by atoms with van der Waals surface area (Å²) in [4.78, 5) is 12.1. The van der Waals surface area contributed by atoms with Crippen LogP contribution < -0.4 is 17.3 Å². The lowest BCUT2D eigenvalue weighted by Gasteiger charge is -2.05. The zero-order valence-corrected chi connectivity index (χ0v) is 7.08. The number of rotatable bonds is 0. The summed E-state index contributed by atoms with van der Waals surface area (Å²) in [6.45, 7) is 1.04. The molecule has 1 amide bonds. The average Bonchev–Trinajstić information content (AvgIpc) is 1.99. The van der Waals surface area contributed by atoms with Crippen LogP contribution >= 0.6 is 0 Å². The van der Waals surface area contributed by atoms with Crippen molar-refractivity contribution in [2.45, 2.75) is 25.7 Å². The number of amides is 1. The first-order valence-electron chi connectivity index (χ1n) is 3.66. The largest absolute Gasteiger partial charge is 1.00 e. The van der Waals surface area contributed by atoms with Gasteiger partial charge in [-0.05, 0) is 19.3 Å². The fraction of sp³-hybridized carbons (Fsp3) is 0.857. The molecule has 0 spiro atoms. The molecule has 0 radical (unpaired) electrons. The number of carbonyl (C=O) groups is 1. The van der Waals surface area contributed by atoms with Crippen LogP contribution in [0.15, 0.2) is 0 Å². The van der Waals surface area contributed by atoms with Crippen molar-refractivity contribution in [3.8, 4) is 0 Å². The maximum absolute atomic E-state index is 11.0. The van der Waals surface area contributed by atoms with Gasteiger partial charge in [0.1, 0.15) is 0 Å². The number of likely N-dealkylation sites (tertiary alicyclic amines) is 1. The van der Waals surface area contributed by atoms with Gasteiger partial charge in [-0.2, -0.15) is 0 Å². The number of quaternary nitrogens is 1. The molecule has 1 rings (SSSR count). The quantitative estimate of drug-likeness (QED) is 0.395. The molecule has 0 aromatic carbocycles. The fourth-order valence-electron chi connectivity index (χ4n) is 1.21. The molecule has 0 bridgehead atoms. The van der Waals surface area contributed by atoms with Crippen molar-refractivity contribution >= 4 is 5.91 Å². The molecule has 0 saturated carbocycles. The highest BCUT2D eigenvalue weighted by Gasteiger charge is 2.16. The summed E-state index contributed by atoms with van der Waals surface area (Å²) in [6, 6.07) is 0. The van der Waals surface area contributed by atoms with Crippen LogP contribution in [0.4, 0.5) is 0 Å². The first-order valence-corrected chi connectivity index (χ1v) is 3.66. The zero-order valence-electron chi connectivity index (χ0n) is 6.32. The minimum Gasteiger partial charge on any atom is -1.00 e. The first kappa shape index (κ1) is 9.92. The third-order valence-corrected chi connectivity index (χ3v) is 1.93. The third kappa shape index (κ3) is 2.67. The van der Waals surface area contributed by atoms with Crippen molar-refractivity contribution < 1.29 is 22.1 Å². The maximum Gasteiger partial charge on any atom is 0.311 e. The van der Waals surface area contributed by atoms with Crippen LogP contribution in [0.5, 0.6) is 0 Å². The van der Waals surface area contributed by atoms with Crippen LogP contribution in [-0.2, 0) is 4.79 Å². The minimum absolute atomic E-state index is 0. The van der Waals surface area contributed by atoms with Gasteiger partial charge >= 0.3 is 5.91 Å². The Labute approximate surface area is 68.0 Å². The Hall–Kier alpha value is -0.0800. The Morgan fingerprint density at radius 2 is 2.00 bits per heavy atom. The van der Waals surface area contributed by atoms with Crippen LogP contribution in [0.3, 0.4) is 0 Å². The average molecular weight is 164 g/mol. The summed E-state index contributed by atoms with van der Waals surface area (Å²) in [6.07, 6.45) is 4.36. The predicted octanol–water partition coefficient (Wildman–Crippen LogP) is -3.39. The lowest BCUT2D eigenvalue weighted by molar-refractivity contribution is -0.797. The van der Waals surface area contributed by atoms with Gasteiger partial charge in [0, 0.05) is 0 Å². The summed E-state index contributed by atoms with van der Waals surface area (Å²) in [7, 11) is 1.97. The Bertz CT molecular complexity index is 116. The van der Waals surface area contributed by atoms with E-state index in [2.05, 4.69) is 0 Å². The lowest BCUT2D eigenvalue weighted by atomic mass is 10.2. The predicted molar refractivity (Wildman–Crippen MR) is 35.2 cm³/mol. The Morgan fingerprint density at radius 3 is 2.70 bits per heavy atom. The smallest absolute Gasteiger partial charge is 0.311 e. The molecule has 0 aromatic rings. The second kappa shape index (κ2) is 4.69. The van der Waals surface area contributed by atoms with Gasteiger partial charge in [0.25, 0.3) is 0 Å². The van der Waals surface area contributed by atoms with Crippen LogP contribution in [0.25, 0.3) is 0 Å². The van der Waals surface area contributed by atoms with E-state index in [0.717, 1.165) is 24.3 Å². The highest BCUT2D eigenvalue weighted by atomic mass is 35.5. The number of halogens is 1. The molecule has 10 heavy (non-hydrogen) atoms. The number of carbonyl (C=O) groups excluding carboxylic acids is 1. The highest BCUT2D eigenvalue weighted by molar-refractivity contribution is 5.66. The van der Waals surface area contributed by atoms with Crippen molar-refractivity contribution in [2.75, 3.05) is 13.6 Å². The second-order valence-electron chi connectivity index (χ2n) is 2.76. The molecule has 1 heterocycles. The summed E-state index contributed by atoms with van der Waals surface area (Å²) < 4.78 is 0. The van der Waals surface area contributed by atoms with Crippen molar-refractivity contribution in [2.24, 2.45) is 0 Å². The van der Waals surface area contributed by atoms with Crippen LogP contribution in [-0.4, -0.2) is 19.5 Å². The molecule has 1 N–H and O–H groups in total. The Kier molecular flexibility index (Phi) is 4.65. The normalized spacial score (nSPS) is 26.9. The summed E-state index contributed by atoms with van der Waals surface area (Å²) >= 11 is 0. The Morgan fingerprint density at radius 1 is 1.30 bits per heavy atom. The van der Waals surface area contributed by atoms with E-state index in [1.807, 2.05) is 7.05 Å². The number of hydrogen-bond donors (Lipinski definition) is 1. The van der Waals surface area contributed by atoms with E-state index in [0.29, 0.717) is 5.91 Å². The maximum atomic E-state index is 11.0. The van der Waals surface area contributed by atoms with Gasteiger partial charge in [0.05, 0.1) is 20.0 Å². The van der Waals surface area contributed by atoms with E-state index < -0.39 is 0 Å². The van der Waals surface area contributed by atoms with Gasteiger partial charge in [-0.15, -0.1) is 0 Å². The molecule has 3 heteroatoms. The molecule has 2 nitrogen and oxygen atoms in total. The van der Waals surface area contributed by atoms with E-state index in [-0.39, 0.29) is 12.4 Å². The Balaban J connectivity index is 0.000000810. The molecular formula is C7H14ClNO. The van der Waals surface area contributed by atoms with Gasteiger partial charge in [0.15, 0.2) is 0 Å². The van der Waals surface area contributed by atoms with Crippen molar-refractivity contribution in [3.05, 3.63) is 0 Å². The molecule has 1 fully saturated rings. The molecular weight excluding hydrogens is 150 g/mol. The minimum atomic E-state index is 0. The molecule has 0 aromatic heterocycles. The fourth-order valence-corrected chi connectivity index (χ4v) is 1.21. The van der Waals surface area contributed by atoms with E-state index in [1.54, 1.807) is 0 Å². The van der Waals surface area contributed by atoms with Gasteiger partial charge < -0.3 is 12.4 Å². The van der Waals surface area contributed by atoms with Gasteiger partial charge in [-0.25, -0.2) is 4.79 Å². The summed E-state index contributed by atoms with van der Waals surface area (Å²) in [5.41, 5.74) is 0. The molecule has 1 aliphatic rings. The zero-order chi connectivity index (χ0) is 6.69. The van der Waals surface area contributed by atoms with E-state index >= 15 is 0 Å². The van der Waals surface area contributed by atoms with Crippen LogP contribution in [0.1, 0.15) is 25.7 Å². The summed E-state index contributed by atoms with van der Waals surface area (Å²) in [5, 5.41) is 0. The van der Waals surface area contributed by atoms with Crippen molar-refractivity contribution in [3.63, 3.8) is 0 Å². The topological polar surface area (TPSA) is 21.5 Å². The number of hydrogen-bond acceptors (Lipinski definition) is 1. The van der Waals surface area contributed by atoms with Gasteiger partial charge in [0.2, 0.25) is 0 Å². The van der Waals surface area contributed by atoms with Crippen LogP contribution in [0.2, 0.25) is 0 Å². The van der Waals surface area contributed by atoms with E-state index in [4.69, 9.17) is 0 Å². The molecule has 60 valence electrons. The van der Waals surface area contributed by atoms with Crippen LogP contribution in [0, 0.1) is 0 Å². The van der Waals surface area contributed by atoms with Gasteiger partial charge in [-0.1, -0.05) is 0 Å². The molecule has 0 aliphatic carbocycles. The second-order valence-corrected chi connectivity index (χ2v) is 2.76. The van der Waals surface area contributed by atoms with Crippen molar-refractivity contribution in [1.29, 1.82) is 0 Å². The monoisotopic (exact) mass is 163 g/mol. The first-order chi connectivity index (χ1) is 4.30. The van der Waals surface area contributed by atoms with E-state index in [1.165, 1.54) is 12.8 Å². The molecule has 1 saturated heterocycles.